The van der Waals surface area contributed by atoms with E-state index in [0.29, 0.717) is 18.4 Å². The smallest absolute Gasteiger partial charge is 0.184 e. The van der Waals surface area contributed by atoms with Crippen LogP contribution in [0.4, 0.5) is 0 Å². The monoisotopic (exact) mass is 496 g/mol. The van der Waals surface area contributed by atoms with Crippen molar-refractivity contribution in [1.82, 2.24) is 0 Å². The lowest BCUT2D eigenvalue weighted by Crippen LogP contribution is -2.40. The Balaban J connectivity index is 1.82. The van der Waals surface area contributed by atoms with E-state index < -0.39 is 43.4 Å². The van der Waals surface area contributed by atoms with Gasteiger partial charge in [-0.05, 0) is 48.2 Å². The average molecular weight is 497 g/mol. The number of benzene rings is 2. The van der Waals surface area contributed by atoms with Crippen LogP contribution in [0.25, 0.3) is 0 Å². The zero-order chi connectivity index (χ0) is 25.5. The molecule has 1 fully saturated rings. The summed E-state index contributed by atoms with van der Waals surface area (Å²) >= 11 is 0. The van der Waals surface area contributed by atoms with E-state index in [4.69, 9.17) is 24.1 Å². The molecule has 6 atom stereocenters. The van der Waals surface area contributed by atoms with Crippen LogP contribution in [-0.4, -0.2) is 93.4 Å². The molecule has 3 rings (SSSR count). The lowest BCUT2D eigenvalue weighted by atomic mass is 10.0. The Hall–Kier alpha value is -2.64. The zero-order valence-corrected chi connectivity index (χ0v) is 19.2. The van der Waals surface area contributed by atoms with Crippen LogP contribution in [0.3, 0.4) is 0 Å². The predicted octanol–water partition coefficient (Wildman–Crippen LogP) is -0.0321. The Morgan fingerprint density at radius 2 is 1.77 bits per heavy atom. The number of ether oxygens (including phenoxy) is 4. The van der Waals surface area contributed by atoms with Gasteiger partial charge in [0.2, 0.25) is 0 Å². The van der Waals surface area contributed by atoms with Crippen LogP contribution < -0.4 is 9.47 Å². The standard InChI is InChI=1S/C24H32O11/c1-32-18-10-14(5-6-15(18)27)21(29)20(12-33-23-22(30)19(11-26)35-24(23)31)34-17-7-4-13(3-2-8-25)9-16(17)28/h4-7,9-10,19-31H,2-3,8,11-12H2,1H3/t19-,20+,21-,22+,23-,24-/m1/s1. The molecule has 2 aromatic carbocycles. The highest BCUT2D eigenvalue weighted by Crippen LogP contribution is 2.34. The van der Waals surface area contributed by atoms with Gasteiger partial charge in [0.15, 0.2) is 35.4 Å². The maximum absolute atomic E-state index is 11.1. The summed E-state index contributed by atoms with van der Waals surface area (Å²) in [6.07, 6.45) is -6.48. The highest BCUT2D eigenvalue weighted by atomic mass is 16.7. The van der Waals surface area contributed by atoms with Crippen molar-refractivity contribution in [3.63, 3.8) is 0 Å². The second kappa shape index (κ2) is 12.4. The summed E-state index contributed by atoms with van der Waals surface area (Å²) in [5, 5.41) is 69.9. The number of hydrogen-bond acceptors (Lipinski definition) is 11. The number of aromatic hydroxyl groups is 2. The van der Waals surface area contributed by atoms with Crippen molar-refractivity contribution < 1.29 is 54.7 Å². The van der Waals surface area contributed by atoms with Gasteiger partial charge in [0.25, 0.3) is 0 Å². The maximum atomic E-state index is 11.1. The molecule has 11 heteroatoms. The minimum Gasteiger partial charge on any atom is -0.504 e. The van der Waals surface area contributed by atoms with Crippen molar-refractivity contribution in [2.45, 2.75) is 49.7 Å². The fraction of sp³-hybridized carbons (Fsp3) is 0.500. The van der Waals surface area contributed by atoms with Crippen LogP contribution in [0.2, 0.25) is 0 Å². The zero-order valence-electron chi connectivity index (χ0n) is 19.2. The van der Waals surface area contributed by atoms with Crippen LogP contribution in [0.5, 0.6) is 23.0 Å². The van der Waals surface area contributed by atoms with E-state index >= 15 is 0 Å². The van der Waals surface area contributed by atoms with Gasteiger partial charge in [-0.2, -0.15) is 0 Å². The van der Waals surface area contributed by atoms with Crippen molar-refractivity contribution in [3.8, 4) is 23.0 Å². The van der Waals surface area contributed by atoms with Gasteiger partial charge in [-0.15, -0.1) is 0 Å². The Morgan fingerprint density at radius 3 is 2.40 bits per heavy atom. The second-order valence-corrected chi connectivity index (χ2v) is 8.20. The second-order valence-electron chi connectivity index (χ2n) is 8.20. The molecule has 1 aliphatic heterocycles. The van der Waals surface area contributed by atoms with Gasteiger partial charge in [0.05, 0.1) is 20.3 Å². The molecule has 0 spiro atoms. The number of aryl methyl sites for hydroxylation is 1. The molecule has 1 heterocycles. The number of hydrogen-bond donors (Lipinski definition) is 7. The van der Waals surface area contributed by atoms with Crippen molar-refractivity contribution >= 4 is 0 Å². The van der Waals surface area contributed by atoms with Crippen LogP contribution in [0.15, 0.2) is 36.4 Å². The molecule has 0 unspecified atom stereocenters. The molecule has 0 aromatic heterocycles. The molecule has 194 valence electrons. The number of aliphatic hydroxyl groups excluding tert-OH is 5. The molecule has 11 nitrogen and oxygen atoms in total. The van der Waals surface area contributed by atoms with Gasteiger partial charge >= 0.3 is 0 Å². The lowest BCUT2D eigenvalue weighted by molar-refractivity contribution is -0.157. The molecule has 1 aliphatic rings. The minimum atomic E-state index is -1.51. The molecule has 0 radical (unpaired) electrons. The van der Waals surface area contributed by atoms with Crippen LogP contribution in [0.1, 0.15) is 23.7 Å². The first-order valence-corrected chi connectivity index (χ1v) is 11.2. The summed E-state index contributed by atoms with van der Waals surface area (Å²) in [7, 11) is 1.36. The van der Waals surface area contributed by atoms with Crippen molar-refractivity contribution in [2.24, 2.45) is 0 Å². The van der Waals surface area contributed by atoms with Crippen LogP contribution >= 0.6 is 0 Å². The average Bonchev–Trinajstić information content (AvgIpc) is 3.13. The molecule has 0 aliphatic carbocycles. The normalized spacial score (nSPS) is 23.7. The van der Waals surface area contributed by atoms with E-state index in [1.807, 2.05) is 0 Å². The van der Waals surface area contributed by atoms with E-state index in [-0.39, 0.29) is 36.2 Å². The lowest BCUT2D eigenvalue weighted by Gasteiger charge is -2.27. The summed E-state index contributed by atoms with van der Waals surface area (Å²) in [6, 6.07) is 8.93. The molecular formula is C24H32O11. The molecular weight excluding hydrogens is 464 g/mol. The van der Waals surface area contributed by atoms with Crippen molar-refractivity contribution in [1.29, 1.82) is 0 Å². The first kappa shape index (κ1) is 27.0. The van der Waals surface area contributed by atoms with E-state index in [1.54, 1.807) is 6.07 Å². The maximum Gasteiger partial charge on any atom is 0.184 e. The summed E-state index contributed by atoms with van der Waals surface area (Å²) in [5.74, 6) is -0.144. The molecule has 2 aromatic rings. The topological polar surface area (TPSA) is 179 Å². The molecule has 0 bridgehead atoms. The van der Waals surface area contributed by atoms with Gasteiger partial charge in [0.1, 0.15) is 24.4 Å². The first-order chi connectivity index (χ1) is 16.8. The number of rotatable bonds is 12. The first-order valence-electron chi connectivity index (χ1n) is 11.2. The Kier molecular flexibility index (Phi) is 9.52. The Bertz CT molecular complexity index is 953. The molecule has 0 saturated carbocycles. The summed E-state index contributed by atoms with van der Waals surface area (Å²) < 4.78 is 21.7. The van der Waals surface area contributed by atoms with Crippen LogP contribution in [0, 0.1) is 0 Å². The van der Waals surface area contributed by atoms with Gasteiger partial charge in [-0.25, -0.2) is 0 Å². The van der Waals surface area contributed by atoms with Crippen molar-refractivity contribution in [3.05, 3.63) is 47.5 Å². The number of phenolic OH excluding ortho intramolecular Hbond substituents is 2. The van der Waals surface area contributed by atoms with Gasteiger partial charge < -0.3 is 54.7 Å². The SMILES string of the molecule is COc1cc([C@@H](O)[C@H](CO[C@@H]2[C@@H](O)[C@@H](CO)O[C@H]2O)Oc2ccc(CCCO)cc2O)ccc1O. The van der Waals surface area contributed by atoms with E-state index in [2.05, 4.69) is 0 Å². The quantitative estimate of drug-likeness (QED) is 0.210. The third-order valence-electron chi connectivity index (χ3n) is 5.77. The van der Waals surface area contributed by atoms with Gasteiger partial charge in [-0.1, -0.05) is 12.1 Å². The van der Waals surface area contributed by atoms with Gasteiger partial charge in [0, 0.05) is 6.61 Å². The molecule has 35 heavy (non-hydrogen) atoms. The summed E-state index contributed by atoms with van der Waals surface area (Å²) in [6.45, 7) is -0.860. The number of aliphatic hydroxyl groups is 5. The van der Waals surface area contributed by atoms with E-state index in [0.717, 1.165) is 5.56 Å². The number of phenols is 2. The molecule has 7 N–H and O–H groups in total. The van der Waals surface area contributed by atoms with E-state index in [1.165, 1.54) is 37.4 Å². The third-order valence-corrected chi connectivity index (χ3v) is 5.77. The van der Waals surface area contributed by atoms with Crippen molar-refractivity contribution in [2.75, 3.05) is 26.9 Å². The fourth-order valence-corrected chi connectivity index (χ4v) is 3.80. The predicted molar refractivity (Wildman–Crippen MR) is 121 cm³/mol. The Morgan fingerprint density at radius 1 is 1.00 bits per heavy atom. The summed E-state index contributed by atoms with van der Waals surface area (Å²) in [4.78, 5) is 0. The van der Waals surface area contributed by atoms with Gasteiger partial charge in [-0.3, -0.25) is 0 Å². The van der Waals surface area contributed by atoms with Crippen LogP contribution in [-0.2, 0) is 15.9 Å². The minimum absolute atomic E-state index is 0.0143. The summed E-state index contributed by atoms with van der Waals surface area (Å²) in [5.41, 5.74) is 1.09. The Labute approximate surface area is 202 Å². The highest BCUT2D eigenvalue weighted by Gasteiger charge is 2.44. The largest absolute Gasteiger partial charge is 0.504 e. The fourth-order valence-electron chi connectivity index (χ4n) is 3.80. The molecule has 0 amide bonds. The van der Waals surface area contributed by atoms with E-state index in [9.17, 15) is 30.6 Å². The highest BCUT2D eigenvalue weighted by molar-refractivity contribution is 5.44. The number of methoxy groups -OCH3 is 1. The molecule has 1 saturated heterocycles. The third kappa shape index (κ3) is 6.53.